The molecule has 5 nitrogen and oxygen atoms in total. The van der Waals surface area contributed by atoms with Crippen molar-refractivity contribution in [3.05, 3.63) is 48.0 Å². The number of nitrogens with zero attached hydrogens (tertiary/aromatic N) is 3. The van der Waals surface area contributed by atoms with E-state index in [0.29, 0.717) is 5.56 Å². The van der Waals surface area contributed by atoms with Gasteiger partial charge in [-0.05, 0) is 43.2 Å². The maximum absolute atomic E-state index is 9.66. The van der Waals surface area contributed by atoms with Crippen molar-refractivity contribution in [3.8, 4) is 6.07 Å². The number of aliphatic hydroxyl groups is 1. The smallest absolute Gasteiger partial charge is 0.188 e. The van der Waals surface area contributed by atoms with Gasteiger partial charge in [0.25, 0.3) is 0 Å². The van der Waals surface area contributed by atoms with Gasteiger partial charge in [0.2, 0.25) is 0 Å². The molecule has 6 heteroatoms. The van der Waals surface area contributed by atoms with Gasteiger partial charge in [0.15, 0.2) is 5.13 Å². The normalized spacial score (nSPS) is 15.3. The van der Waals surface area contributed by atoms with Crippen LogP contribution in [0.3, 0.4) is 0 Å². The first-order valence-corrected chi connectivity index (χ1v) is 9.14. The molecule has 0 aliphatic carbocycles. The topological polar surface area (TPSA) is 72.2 Å². The molecule has 1 saturated heterocycles. The summed E-state index contributed by atoms with van der Waals surface area (Å²) in [7, 11) is 0. The SMILES string of the molecule is N#Cc1cc(Nc2nc3ccccc3s2)ccc1N1CCC(O)CC1. The third-order valence-electron chi connectivity index (χ3n) is 4.47. The van der Waals surface area contributed by atoms with Crippen LogP contribution in [0.2, 0.25) is 0 Å². The Morgan fingerprint density at radius 2 is 2.00 bits per heavy atom. The van der Waals surface area contributed by atoms with Crippen LogP contribution in [0.5, 0.6) is 0 Å². The van der Waals surface area contributed by atoms with Gasteiger partial charge in [-0.25, -0.2) is 4.98 Å². The Bertz CT molecular complexity index is 905. The van der Waals surface area contributed by atoms with Crippen LogP contribution in [0.25, 0.3) is 10.2 Å². The number of para-hydroxylation sites is 1. The molecule has 0 bridgehead atoms. The predicted octanol–water partition coefficient (Wildman–Crippen LogP) is 3.87. The summed E-state index contributed by atoms with van der Waals surface area (Å²) in [5.41, 5.74) is 3.40. The highest BCUT2D eigenvalue weighted by atomic mass is 32.1. The van der Waals surface area contributed by atoms with Crippen LogP contribution in [0.1, 0.15) is 18.4 Å². The number of nitrogens with one attached hydrogen (secondary N) is 1. The van der Waals surface area contributed by atoms with E-state index in [1.165, 1.54) is 0 Å². The maximum Gasteiger partial charge on any atom is 0.188 e. The van der Waals surface area contributed by atoms with E-state index in [4.69, 9.17) is 0 Å². The molecule has 25 heavy (non-hydrogen) atoms. The molecule has 0 amide bonds. The standard InChI is InChI=1S/C19H18N4OS/c20-12-13-11-14(5-6-17(13)23-9-7-15(24)8-10-23)21-19-22-16-3-1-2-4-18(16)25-19/h1-6,11,15,24H,7-10H2,(H,21,22). The number of aromatic nitrogens is 1. The number of fused-ring (bicyclic) bond motifs is 1. The van der Waals surface area contributed by atoms with E-state index in [1.54, 1.807) is 11.3 Å². The van der Waals surface area contributed by atoms with Gasteiger partial charge in [-0.1, -0.05) is 23.5 Å². The fourth-order valence-corrected chi connectivity index (χ4v) is 4.02. The summed E-state index contributed by atoms with van der Waals surface area (Å²) < 4.78 is 1.13. The molecule has 1 fully saturated rings. The fourth-order valence-electron chi connectivity index (χ4n) is 3.14. The van der Waals surface area contributed by atoms with Gasteiger partial charge >= 0.3 is 0 Å². The van der Waals surface area contributed by atoms with Crippen molar-refractivity contribution in [2.75, 3.05) is 23.3 Å². The minimum atomic E-state index is -0.221. The molecule has 0 spiro atoms. The molecular weight excluding hydrogens is 332 g/mol. The number of piperidine rings is 1. The lowest BCUT2D eigenvalue weighted by atomic mass is 10.1. The van der Waals surface area contributed by atoms with E-state index in [-0.39, 0.29) is 6.10 Å². The summed E-state index contributed by atoms with van der Waals surface area (Å²) in [6.07, 6.45) is 1.27. The summed E-state index contributed by atoms with van der Waals surface area (Å²) in [6.45, 7) is 1.56. The van der Waals surface area contributed by atoms with E-state index in [0.717, 1.165) is 52.7 Å². The van der Waals surface area contributed by atoms with E-state index in [9.17, 15) is 10.4 Å². The van der Waals surface area contributed by atoms with Crippen molar-refractivity contribution >= 4 is 38.1 Å². The lowest BCUT2D eigenvalue weighted by Crippen LogP contribution is -2.36. The van der Waals surface area contributed by atoms with E-state index in [2.05, 4.69) is 21.3 Å². The largest absolute Gasteiger partial charge is 0.393 e. The molecule has 2 N–H and O–H groups in total. The van der Waals surface area contributed by atoms with Gasteiger partial charge in [-0.3, -0.25) is 0 Å². The third-order valence-corrected chi connectivity index (χ3v) is 5.42. The zero-order valence-corrected chi connectivity index (χ0v) is 14.5. The van der Waals surface area contributed by atoms with Gasteiger partial charge in [-0.15, -0.1) is 0 Å². The van der Waals surface area contributed by atoms with Gasteiger partial charge in [0, 0.05) is 18.8 Å². The number of thiazole rings is 1. The molecule has 3 aromatic rings. The molecule has 0 unspecified atom stereocenters. The van der Waals surface area contributed by atoms with Crippen LogP contribution in [0.4, 0.5) is 16.5 Å². The van der Waals surface area contributed by atoms with Crippen molar-refractivity contribution in [3.63, 3.8) is 0 Å². The van der Waals surface area contributed by atoms with Crippen molar-refractivity contribution in [2.24, 2.45) is 0 Å². The summed E-state index contributed by atoms with van der Waals surface area (Å²) in [6, 6.07) is 16.1. The molecule has 0 saturated carbocycles. The Labute approximate surface area is 150 Å². The van der Waals surface area contributed by atoms with Gasteiger partial charge < -0.3 is 15.3 Å². The zero-order valence-electron chi connectivity index (χ0n) is 13.6. The van der Waals surface area contributed by atoms with Crippen LogP contribution < -0.4 is 10.2 Å². The molecule has 1 aliphatic heterocycles. The Kier molecular flexibility index (Phi) is 4.26. The lowest BCUT2D eigenvalue weighted by molar-refractivity contribution is 0.145. The second kappa shape index (κ2) is 6.71. The average Bonchev–Trinajstić information content (AvgIpc) is 3.04. The predicted molar refractivity (Wildman–Crippen MR) is 102 cm³/mol. The quantitative estimate of drug-likeness (QED) is 0.750. The number of anilines is 3. The average molecular weight is 350 g/mol. The number of aliphatic hydroxyl groups excluding tert-OH is 1. The van der Waals surface area contributed by atoms with E-state index < -0.39 is 0 Å². The second-order valence-electron chi connectivity index (χ2n) is 6.17. The van der Waals surface area contributed by atoms with Crippen molar-refractivity contribution < 1.29 is 5.11 Å². The number of hydrogen-bond donors (Lipinski definition) is 2. The zero-order chi connectivity index (χ0) is 17.2. The molecule has 1 aliphatic rings. The number of benzene rings is 2. The highest BCUT2D eigenvalue weighted by Crippen LogP contribution is 2.31. The molecule has 2 heterocycles. The first kappa shape index (κ1) is 15.9. The molecular formula is C19H18N4OS. The maximum atomic E-state index is 9.66. The highest BCUT2D eigenvalue weighted by molar-refractivity contribution is 7.22. The Morgan fingerprint density at radius 3 is 2.76 bits per heavy atom. The van der Waals surface area contributed by atoms with Gasteiger partial charge in [0.05, 0.1) is 27.6 Å². The van der Waals surface area contributed by atoms with Crippen LogP contribution in [-0.2, 0) is 0 Å². The summed E-state index contributed by atoms with van der Waals surface area (Å²) in [5, 5.41) is 23.3. The van der Waals surface area contributed by atoms with Crippen molar-refractivity contribution in [2.45, 2.75) is 18.9 Å². The van der Waals surface area contributed by atoms with E-state index in [1.807, 2.05) is 42.5 Å². The Morgan fingerprint density at radius 1 is 1.20 bits per heavy atom. The molecule has 4 rings (SSSR count). The van der Waals surface area contributed by atoms with Crippen LogP contribution in [0, 0.1) is 11.3 Å². The third kappa shape index (κ3) is 3.29. The molecule has 1 aromatic heterocycles. The highest BCUT2D eigenvalue weighted by Gasteiger charge is 2.19. The number of rotatable bonds is 3. The minimum Gasteiger partial charge on any atom is -0.393 e. The van der Waals surface area contributed by atoms with E-state index >= 15 is 0 Å². The Balaban J connectivity index is 1.58. The number of hydrogen-bond acceptors (Lipinski definition) is 6. The minimum absolute atomic E-state index is 0.221. The molecule has 2 aromatic carbocycles. The second-order valence-corrected chi connectivity index (χ2v) is 7.20. The van der Waals surface area contributed by atoms with Crippen LogP contribution in [-0.4, -0.2) is 29.3 Å². The monoisotopic (exact) mass is 350 g/mol. The Hall–Kier alpha value is -2.62. The van der Waals surface area contributed by atoms with Crippen molar-refractivity contribution in [1.29, 1.82) is 5.26 Å². The summed E-state index contributed by atoms with van der Waals surface area (Å²) in [4.78, 5) is 6.74. The summed E-state index contributed by atoms with van der Waals surface area (Å²) >= 11 is 1.59. The van der Waals surface area contributed by atoms with Gasteiger partial charge in [0.1, 0.15) is 6.07 Å². The first-order valence-electron chi connectivity index (χ1n) is 8.33. The number of nitriles is 1. The first-order chi connectivity index (χ1) is 12.2. The van der Waals surface area contributed by atoms with Crippen LogP contribution in [0.15, 0.2) is 42.5 Å². The van der Waals surface area contributed by atoms with Crippen LogP contribution >= 0.6 is 11.3 Å². The molecule has 0 radical (unpaired) electrons. The summed E-state index contributed by atoms with van der Waals surface area (Å²) in [5.74, 6) is 0. The molecule has 126 valence electrons. The molecule has 0 atom stereocenters. The lowest BCUT2D eigenvalue weighted by Gasteiger charge is -2.32. The van der Waals surface area contributed by atoms with Crippen molar-refractivity contribution in [1.82, 2.24) is 4.98 Å². The fraction of sp³-hybridized carbons (Fsp3) is 0.263. The van der Waals surface area contributed by atoms with Gasteiger partial charge in [-0.2, -0.15) is 5.26 Å².